The van der Waals surface area contributed by atoms with E-state index in [0.717, 1.165) is 11.3 Å². The second-order valence-corrected chi connectivity index (χ2v) is 3.08. The van der Waals surface area contributed by atoms with E-state index in [-0.39, 0.29) is 6.04 Å². The fraction of sp³-hybridized carbons (Fsp3) is 0.333. The number of nitrogen functional groups attached to an aromatic ring is 1. The summed E-state index contributed by atoms with van der Waals surface area (Å²) in [4.78, 5) is 14.5. The molecule has 5 nitrogen and oxygen atoms in total. The van der Waals surface area contributed by atoms with E-state index in [9.17, 15) is 4.79 Å². The highest BCUT2D eigenvalue weighted by Gasteiger charge is 2.11. The van der Waals surface area contributed by atoms with Gasteiger partial charge in [0.15, 0.2) is 0 Å². The van der Waals surface area contributed by atoms with Gasteiger partial charge in [0.25, 0.3) is 0 Å². The Hall–Kier alpha value is -1.78. The Morgan fingerprint density at radius 1 is 1.64 bits per heavy atom. The van der Waals surface area contributed by atoms with Crippen LogP contribution in [0.25, 0.3) is 0 Å². The first-order chi connectivity index (χ1) is 6.50. The number of amides is 1. The summed E-state index contributed by atoms with van der Waals surface area (Å²) in [7, 11) is 0. The zero-order valence-electron chi connectivity index (χ0n) is 8.11. The lowest BCUT2D eigenvalue weighted by Gasteiger charge is -2.13. The molecule has 1 aromatic rings. The van der Waals surface area contributed by atoms with Crippen LogP contribution in [0.5, 0.6) is 0 Å². The summed E-state index contributed by atoms with van der Waals surface area (Å²) in [5.41, 5.74) is 7.06. The van der Waals surface area contributed by atoms with Gasteiger partial charge in [0, 0.05) is 5.69 Å². The maximum Gasteiger partial charge on any atom is 0.405 e. The number of hydrogen-bond donors (Lipinski definition) is 3. The number of hydrogen-bond acceptors (Lipinski definition) is 3. The highest BCUT2D eigenvalue weighted by atomic mass is 16.4. The van der Waals surface area contributed by atoms with E-state index in [1.54, 1.807) is 26.0 Å². The second-order valence-electron chi connectivity index (χ2n) is 3.08. The second kappa shape index (κ2) is 3.95. The van der Waals surface area contributed by atoms with E-state index in [2.05, 4.69) is 10.3 Å². The molecule has 0 aliphatic heterocycles. The zero-order valence-corrected chi connectivity index (χ0v) is 8.11. The summed E-state index contributed by atoms with van der Waals surface area (Å²) in [6.07, 6.45) is -1.05. The van der Waals surface area contributed by atoms with Crippen molar-refractivity contribution in [3.05, 3.63) is 23.4 Å². The third kappa shape index (κ3) is 2.35. The molecule has 1 aromatic heterocycles. The van der Waals surface area contributed by atoms with Gasteiger partial charge in [-0.3, -0.25) is 0 Å². The number of aryl methyl sites for hydroxylation is 1. The van der Waals surface area contributed by atoms with Gasteiger partial charge in [-0.25, -0.2) is 9.78 Å². The molecule has 0 fully saturated rings. The lowest BCUT2D eigenvalue weighted by atomic mass is 10.1. The van der Waals surface area contributed by atoms with Crippen LogP contribution in [-0.4, -0.2) is 16.2 Å². The lowest BCUT2D eigenvalue weighted by Crippen LogP contribution is -2.25. The smallest absolute Gasteiger partial charge is 0.405 e. The molecule has 5 heteroatoms. The van der Waals surface area contributed by atoms with E-state index in [4.69, 9.17) is 10.8 Å². The van der Waals surface area contributed by atoms with E-state index in [1.165, 1.54) is 0 Å². The van der Waals surface area contributed by atoms with Crippen molar-refractivity contribution < 1.29 is 9.90 Å². The minimum absolute atomic E-state index is 0.277. The Labute approximate surface area is 82.0 Å². The van der Waals surface area contributed by atoms with Crippen LogP contribution >= 0.6 is 0 Å². The van der Waals surface area contributed by atoms with Crippen LogP contribution < -0.4 is 11.1 Å². The average Bonchev–Trinajstić information content (AvgIpc) is 2.01. The number of carbonyl (C=O) groups is 1. The van der Waals surface area contributed by atoms with E-state index in [1.807, 2.05) is 0 Å². The van der Waals surface area contributed by atoms with Gasteiger partial charge < -0.3 is 16.2 Å². The van der Waals surface area contributed by atoms with Gasteiger partial charge in [-0.15, -0.1) is 0 Å². The molecule has 0 radical (unpaired) electrons. The summed E-state index contributed by atoms with van der Waals surface area (Å²) in [6.45, 7) is 3.56. The highest BCUT2D eigenvalue weighted by molar-refractivity contribution is 5.65. The number of rotatable bonds is 2. The SMILES string of the molecule is Cc1nc(N)ccc1C(C)NC(=O)O. The van der Waals surface area contributed by atoms with Crippen molar-refractivity contribution in [1.82, 2.24) is 10.3 Å². The molecule has 0 aliphatic rings. The molecule has 0 bridgehead atoms. The van der Waals surface area contributed by atoms with E-state index < -0.39 is 6.09 Å². The molecule has 0 saturated carbocycles. The van der Waals surface area contributed by atoms with Crippen molar-refractivity contribution in [2.24, 2.45) is 0 Å². The molecule has 14 heavy (non-hydrogen) atoms. The quantitative estimate of drug-likeness (QED) is 0.663. The predicted molar refractivity (Wildman–Crippen MR) is 53.0 cm³/mol. The molecule has 4 N–H and O–H groups in total. The van der Waals surface area contributed by atoms with Gasteiger partial charge >= 0.3 is 6.09 Å². The largest absolute Gasteiger partial charge is 0.465 e. The first-order valence-electron chi connectivity index (χ1n) is 4.23. The van der Waals surface area contributed by atoms with Gasteiger partial charge in [0.1, 0.15) is 5.82 Å². The summed E-state index contributed by atoms with van der Waals surface area (Å²) >= 11 is 0. The predicted octanol–water partition coefficient (Wildman–Crippen LogP) is 1.30. The van der Waals surface area contributed by atoms with Gasteiger partial charge in [-0.05, 0) is 25.5 Å². The molecule has 0 saturated heterocycles. The number of carboxylic acid groups (broad SMARTS) is 1. The van der Waals surface area contributed by atoms with Crippen molar-refractivity contribution in [3.8, 4) is 0 Å². The van der Waals surface area contributed by atoms with Gasteiger partial charge in [-0.2, -0.15) is 0 Å². The highest BCUT2D eigenvalue weighted by Crippen LogP contribution is 2.16. The number of aromatic nitrogens is 1. The van der Waals surface area contributed by atoms with Crippen LogP contribution in [0.15, 0.2) is 12.1 Å². The fourth-order valence-corrected chi connectivity index (χ4v) is 1.31. The van der Waals surface area contributed by atoms with Crippen LogP contribution in [0.2, 0.25) is 0 Å². The number of anilines is 1. The molecular weight excluding hydrogens is 182 g/mol. The van der Waals surface area contributed by atoms with Crippen LogP contribution in [0.1, 0.15) is 24.2 Å². The minimum atomic E-state index is -1.05. The molecular formula is C9H13N3O2. The Bertz CT molecular complexity index is 352. The zero-order chi connectivity index (χ0) is 10.7. The molecule has 1 heterocycles. The maximum atomic E-state index is 10.4. The van der Waals surface area contributed by atoms with Gasteiger partial charge in [0.2, 0.25) is 0 Å². The molecule has 1 unspecified atom stereocenters. The lowest BCUT2D eigenvalue weighted by molar-refractivity contribution is 0.191. The van der Waals surface area contributed by atoms with Crippen LogP contribution in [0, 0.1) is 6.92 Å². The number of nitrogens with one attached hydrogen (secondary N) is 1. The van der Waals surface area contributed by atoms with E-state index in [0.29, 0.717) is 5.82 Å². The number of nitrogens with zero attached hydrogens (tertiary/aromatic N) is 1. The maximum absolute atomic E-state index is 10.4. The molecule has 0 aliphatic carbocycles. The molecule has 1 rings (SSSR count). The van der Waals surface area contributed by atoms with Crippen molar-refractivity contribution in [2.45, 2.75) is 19.9 Å². The summed E-state index contributed by atoms with van der Waals surface area (Å²) in [6, 6.07) is 3.15. The molecule has 1 amide bonds. The van der Waals surface area contributed by atoms with Crippen molar-refractivity contribution in [3.63, 3.8) is 0 Å². The number of nitrogens with two attached hydrogens (primary N) is 1. The number of pyridine rings is 1. The van der Waals surface area contributed by atoms with Gasteiger partial charge in [0.05, 0.1) is 6.04 Å². The van der Waals surface area contributed by atoms with Crippen molar-refractivity contribution in [2.75, 3.05) is 5.73 Å². The first kappa shape index (κ1) is 10.3. The summed E-state index contributed by atoms with van der Waals surface area (Å²) in [5, 5.41) is 10.9. The van der Waals surface area contributed by atoms with Crippen LogP contribution in [-0.2, 0) is 0 Å². The standard InChI is InChI=1S/C9H13N3O2/c1-5-7(3-4-8(10)11-5)6(2)12-9(13)14/h3-4,6,12H,1-2H3,(H2,10,11)(H,13,14). The third-order valence-corrected chi connectivity index (χ3v) is 1.95. The Kier molecular flexibility index (Phi) is 2.91. The fourth-order valence-electron chi connectivity index (χ4n) is 1.31. The van der Waals surface area contributed by atoms with Gasteiger partial charge in [-0.1, -0.05) is 6.07 Å². The monoisotopic (exact) mass is 195 g/mol. The van der Waals surface area contributed by atoms with E-state index >= 15 is 0 Å². The van der Waals surface area contributed by atoms with Crippen molar-refractivity contribution in [1.29, 1.82) is 0 Å². The Balaban J connectivity index is 2.90. The molecule has 1 atom stereocenters. The summed E-state index contributed by atoms with van der Waals surface area (Å²) < 4.78 is 0. The van der Waals surface area contributed by atoms with Crippen LogP contribution in [0.4, 0.5) is 10.6 Å². The third-order valence-electron chi connectivity index (χ3n) is 1.95. The molecule has 76 valence electrons. The first-order valence-corrected chi connectivity index (χ1v) is 4.23. The van der Waals surface area contributed by atoms with Crippen molar-refractivity contribution >= 4 is 11.9 Å². The average molecular weight is 195 g/mol. The Morgan fingerprint density at radius 2 is 2.29 bits per heavy atom. The van der Waals surface area contributed by atoms with Crippen LogP contribution in [0.3, 0.4) is 0 Å². The normalized spacial score (nSPS) is 12.1. The topological polar surface area (TPSA) is 88.2 Å². The summed E-state index contributed by atoms with van der Waals surface area (Å²) in [5.74, 6) is 0.439. The minimum Gasteiger partial charge on any atom is -0.465 e. The molecule has 0 spiro atoms. The molecule has 0 aromatic carbocycles. The Morgan fingerprint density at radius 3 is 2.79 bits per heavy atom.